The molecule has 0 aromatic heterocycles. The van der Waals surface area contributed by atoms with E-state index >= 15 is 0 Å². The van der Waals surface area contributed by atoms with Crippen LogP contribution in [0.15, 0.2) is 18.2 Å². The number of fused-ring (bicyclic) bond motifs is 2. The van der Waals surface area contributed by atoms with Crippen LogP contribution in [-0.2, 0) is 11.2 Å². The Morgan fingerprint density at radius 3 is 2.46 bits per heavy atom. The molecule has 2 aliphatic rings. The number of piperidine rings is 2. The van der Waals surface area contributed by atoms with Gasteiger partial charge in [0.25, 0.3) is 0 Å². The number of aryl methyl sites for hydroxylation is 1. The second kappa shape index (κ2) is 6.84. The number of carbonyl (C=O) groups excluding carboxylic acids is 1. The molecule has 1 aromatic carbocycles. The third-order valence-corrected chi connectivity index (χ3v) is 5.47. The number of hydrogen-bond acceptors (Lipinski definition) is 3. The highest BCUT2D eigenvalue weighted by Gasteiger charge is 2.48. The molecule has 2 heterocycles. The van der Waals surface area contributed by atoms with Gasteiger partial charge in [-0.05, 0) is 77.0 Å². The zero-order valence-corrected chi connectivity index (χ0v) is 16.2. The van der Waals surface area contributed by atoms with E-state index < -0.39 is 11.2 Å². The van der Waals surface area contributed by atoms with Crippen LogP contribution in [0.25, 0.3) is 0 Å². The van der Waals surface area contributed by atoms with Gasteiger partial charge in [0.1, 0.15) is 11.4 Å². The van der Waals surface area contributed by atoms with Crippen LogP contribution in [0.5, 0.6) is 0 Å². The lowest BCUT2D eigenvalue weighted by Crippen LogP contribution is -2.61. The molecule has 1 aromatic rings. The van der Waals surface area contributed by atoms with E-state index in [9.17, 15) is 14.3 Å². The molecule has 0 radical (unpaired) electrons. The molecule has 4 nitrogen and oxygen atoms in total. The van der Waals surface area contributed by atoms with E-state index in [0.29, 0.717) is 24.8 Å². The first-order chi connectivity index (χ1) is 12.1. The zero-order valence-electron chi connectivity index (χ0n) is 16.2. The van der Waals surface area contributed by atoms with Gasteiger partial charge in [-0.15, -0.1) is 0 Å². The topological polar surface area (TPSA) is 49.8 Å². The quantitative estimate of drug-likeness (QED) is 0.849. The van der Waals surface area contributed by atoms with Gasteiger partial charge in [-0.25, -0.2) is 9.18 Å². The lowest BCUT2D eigenvalue weighted by molar-refractivity contribution is -0.0919. The maximum absolute atomic E-state index is 13.9. The minimum absolute atomic E-state index is 0.0161. The maximum atomic E-state index is 13.9. The smallest absolute Gasteiger partial charge is 0.410 e. The van der Waals surface area contributed by atoms with Crippen molar-refractivity contribution in [3.05, 3.63) is 35.1 Å². The van der Waals surface area contributed by atoms with Crippen LogP contribution in [0.3, 0.4) is 0 Å². The standard InChI is InChI=1S/C21H30FNO3/c1-14-8-9-15(10-18(14)22)11-21(25)12-16-6-5-7-17(13-21)23(16)19(24)26-20(2,3)4/h8-10,16-17,25H,5-7,11-13H2,1-4H3. The summed E-state index contributed by atoms with van der Waals surface area (Å²) in [6.07, 6.45) is 3.97. The number of hydrogen-bond donors (Lipinski definition) is 1. The van der Waals surface area contributed by atoms with Gasteiger partial charge in [0.2, 0.25) is 0 Å². The predicted molar refractivity (Wildman–Crippen MR) is 98.5 cm³/mol. The third kappa shape index (κ3) is 4.20. The Kier molecular flexibility index (Phi) is 5.04. The van der Waals surface area contributed by atoms with Crippen LogP contribution < -0.4 is 0 Å². The van der Waals surface area contributed by atoms with E-state index in [1.165, 1.54) is 6.07 Å². The molecule has 2 fully saturated rings. The fourth-order valence-electron chi connectivity index (χ4n) is 4.41. The Morgan fingerprint density at radius 2 is 1.92 bits per heavy atom. The SMILES string of the molecule is Cc1ccc(CC2(O)CC3CCCC(C2)N3C(=O)OC(C)(C)C)cc1F. The van der Waals surface area contributed by atoms with Crippen molar-refractivity contribution in [2.24, 2.45) is 0 Å². The van der Waals surface area contributed by atoms with Crippen molar-refractivity contribution in [2.75, 3.05) is 0 Å². The molecule has 1 amide bonds. The number of nitrogens with zero attached hydrogens (tertiary/aromatic N) is 1. The summed E-state index contributed by atoms with van der Waals surface area (Å²) in [7, 11) is 0. The monoisotopic (exact) mass is 363 g/mol. The molecule has 26 heavy (non-hydrogen) atoms. The minimum atomic E-state index is -0.907. The Hall–Kier alpha value is -1.62. The molecule has 5 heteroatoms. The average Bonchev–Trinajstić information content (AvgIpc) is 2.48. The van der Waals surface area contributed by atoms with E-state index in [1.807, 2.05) is 31.7 Å². The van der Waals surface area contributed by atoms with Crippen molar-refractivity contribution in [1.29, 1.82) is 0 Å². The van der Waals surface area contributed by atoms with Gasteiger partial charge in [0, 0.05) is 18.5 Å². The second-order valence-electron chi connectivity index (χ2n) is 9.02. The number of amides is 1. The van der Waals surface area contributed by atoms with E-state index in [2.05, 4.69) is 0 Å². The fraction of sp³-hybridized carbons (Fsp3) is 0.667. The highest BCUT2D eigenvalue weighted by Crippen LogP contribution is 2.41. The maximum Gasteiger partial charge on any atom is 0.410 e. The molecule has 0 spiro atoms. The first kappa shape index (κ1) is 19.2. The van der Waals surface area contributed by atoms with E-state index in [-0.39, 0.29) is 24.0 Å². The highest BCUT2D eigenvalue weighted by atomic mass is 19.1. The number of ether oxygens (including phenoxy) is 1. The highest BCUT2D eigenvalue weighted by molar-refractivity contribution is 5.69. The van der Waals surface area contributed by atoms with Crippen LogP contribution in [0.4, 0.5) is 9.18 Å². The third-order valence-electron chi connectivity index (χ3n) is 5.47. The van der Waals surface area contributed by atoms with Crippen LogP contribution in [-0.4, -0.2) is 39.4 Å². The molecule has 0 aliphatic carbocycles. The fourth-order valence-corrected chi connectivity index (χ4v) is 4.41. The molecular formula is C21H30FNO3. The summed E-state index contributed by atoms with van der Waals surface area (Å²) < 4.78 is 19.4. The van der Waals surface area contributed by atoms with Gasteiger partial charge in [0.05, 0.1) is 5.60 Å². The van der Waals surface area contributed by atoms with Crippen molar-refractivity contribution >= 4 is 6.09 Å². The van der Waals surface area contributed by atoms with Gasteiger partial charge in [-0.3, -0.25) is 0 Å². The van der Waals surface area contributed by atoms with Crippen LogP contribution in [0.1, 0.15) is 64.0 Å². The summed E-state index contributed by atoms with van der Waals surface area (Å²) in [5, 5.41) is 11.2. The van der Waals surface area contributed by atoms with Gasteiger partial charge in [-0.1, -0.05) is 12.1 Å². The number of aliphatic hydroxyl groups is 1. The molecule has 2 bridgehead atoms. The summed E-state index contributed by atoms with van der Waals surface area (Å²) in [6, 6.07) is 5.12. The molecule has 3 rings (SSSR count). The van der Waals surface area contributed by atoms with Gasteiger partial charge < -0.3 is 14.7 Å². The first-order valence-corrected chi connectivity index (χ1v) is 9.55. The van der Waals surface area contributed by atoms with Crippen LogP contribution in [0.2, 0.25) is 0 Å². The van der Waals surface area contributed by atoms with Crippen molar-refractivity contribution in [3.63, 3.8) is 0 Å². The summed E-state index contributed by atoms with van der Waals surface area (Å²) in [5.74, 6) is -0.238. The van der Waals surface area contributed by atoms with Gasteiger partial charge in [-0.2, -0.15) is 0 Å². The minimum Gasteiger partial charge on any atom is -0.444 e. The average molecular weight is 363 g/mol. The molecular weight excluding hydrogens is 333 g/mol. The van der Waals surface area contributed by atoms with Crippen molar-refractivity contribution in [3.8, 4) is 0 Å². The summed E-state index contributed by atoms with van der Waals surface area (Å²) in [4.78, 5) is 14.5. The Morgan fingerprint density at radius 1 is 1.31 bits per heavy atom. The molecule has 2 saturated heterocycles. The van der Waals surface area contributed by atoms with Gasteiger partial charge in [0.15, 0.2) is 0 Å². The van der Waals surface area contributed by atoms with Crippen molar-refractivity contribution < 1.29 is 19.0 Å². The van der Waals surface area contributed by atoms with Crippen LogP contribution >= 0.6 is 0 Å². The van der Waals surface area contributed by atoms with Crippen molar-refractivity contribution in [1.82, 2.24) is 4.90 Å². The Balaban J connectivity index is 1.75. The molecule has 2 atom stereocenters. The van der Waals surface area contributed by atoms with Gasteiger partial charge >= 0.3 is 6.09 Å². The molecule has 0 saturated carbocycles. The number of rotatable bonds is 2. The van der Waals surface area contributed by atoms with E-state index in [0.717, 1.165) is 24.8 Å². The summed E-state index contributed by atoms with van der Waals surface area (Å²) in [5.41, 5.74) is -0.0223. The second-order valence-corrected chi connectivity index (χ2v) is 9.02. The summed E-state index contributed by atoms with van der Waals surface area (Å²) in [6.45, 7) is 7.34. The number of carbonyl (C=O) groups is 1. The molecule has 2 unspecified atom stereocenters. The Labute approximate surface area is 155 Å². The van der Waals surface area contributed by atoms with Crippen molar-refractivity contribution in [2.45, 2.75) is 89.5 Å². The lowest BCUT2D eigenvalue weighted by atomic mass is 9.73. The largest absolute Gasteiger partial charge is 0.444 e. The summed E-state index contributed by atoms with van der Waals surface area (Å²) >= 11 is 0. The first-order valence-electron chi connectivity index (χ1n) is 9.55. The zero-order chi connectivity index (χ0) is 19.1. The normalized spacial score (nSPS) is 28.8. The van der Waals surface area contributed by atoms with Crippen LogP contribution in [0, 0.1) is 12.7 Å². The predicted octanol–water partition coefficient (Wildman–Crippen LogP) is 4.36. The number of benzene rings is 1. The molecule has 2 aliphatic heterocycles. The van der Waals surface area contributed by atoms with E-state index in [4.69, 9.17) is 4.74 Å². The molecule has 1 N–H and O–H groups in total. The lowest BCUT2D eigenvalue weighted by Gasteiger charge is -2.51. The molecule has 144 valence electrons. The van der Waals surface area contributed by atoms with E-state index in [1.54, 1.807) is 13.0 Å². The number of halogens is 1. The Bertz CT molecular complexity index is 668.